The van der Waals surface area contributed by atoms with Crippen molar-refractivity contribution in [2.45, 2.75) is 45.1 Å². The fourth-order valence-corrected chi connectivity index (χ4v) is 1.46. The Morgan fingerprint density at radius 2 is 1.92 bits per heavy atom. The fraction of sp³-hybridized carbons (Fsp3) is 1.00. The molecule has 0 heterocycles. The topological polar surface area (TPSA) is 78.5 Å². The number of hydrogen-bond donors (Lipinski definition) is 4. The summed E-state index contributed by atoms with van der Waals surface area (Å²) in [5.74, 6) is 0. The van der Waals surface area contributed by atoms with Crippen LogP contribution in [-0.4, -0.2) is 34.6 Å². The Labute approximate surface area is 73.8 Å². The predicted octanol–water partition coefficient (Wildman–Crippen LogP) is -0.597. The van der Waals surface area contributed by atoms with Gasteiger partial charge in [0.2, 0.25) is 0 Å². The smallest absolute Gasteiger partial charge is 0.123 e. The molecule has 4 nitrogen and oxygen atoms in total. The molecule has 0 aromatic carbocycles. The van der Waals surface area contributed by atoms with Gasteiger partial charge in [0.1, 0.15) is 6.23 Å². The van der Waals surface area contributed by atoms with Crippen LogP contribution in [0.5, 0.6) is 0 Å². The highest BCUT2D eigenvalue weighted by atomic mass is 16.3. The van der Waals surface area contributed by atoms with Crippen molar-refractivity contribution in [3.63, 3.8) is 0 Å². The molecular weight excluding hydrogens is 156 g/mol. The van der Waals surface area contributed by atoms with Gasteiger partial charge in [-0.15, -0.1) is 0 Å². The third-order valence-corrected chi connectivity index (χ3v) is 2.36. The predicted molar refractivity (Wildman–Crippen MR) is 48.6 cm³/mol. The Kier molecular flexibility index (Phi) is 4.70. The van der Waals surface area contributed by atoms with Crippen LogP contribution in [0.4, 0.5) is 0 Å². The molecule has 5 N–H and O–H groups in total. The second kappa shape index (κ2) is 4.77. The van der Waals surface area contributed by atoms with Gasteiger partial charge in [-0.2, -0.15) is 0 Å². The van der Waals surface area contributed by atoms with Gasteiger partial charge in [0.05, 0.1) is 11.6 Å². The van der Waals surface area contributed by atoms with Gasteiger partial charge >= 0.3 is 0 Å². The molecule has 0 aliphatic heterocycles. The molecule has 0 aromatic rings. The molecule has 12 heavy (non-hydrogen) atoms. The molecule has 0 fully saturated rings. The molecule has 0 aliphatic carbocycles. The van der Waals surface area contributed by atoms with E-state index in [0.29, 0.717) is 13.0 Å². The van der Waals surface area contributed by atoms with Crippen molar-refractivity contribution in [3.8, 4) is 0 Å². The highest BCUT2D eigenvalue weighted by molar-refractivity contribution is 4.95. The normalized spacial score (nSPS) is 21.5. The van der Waals surface area contributed by atoms with Gasteiger partial charge in [-0.1, -0.05) is 13.8 Å². The van der Waals surface area contributed by atoms with Crippen LogP contribution in [-0.2, 0) is 0 Å². The van der Waals surface area contributed by atoms with Crippen LogP contribution in [0.15, 0.2) is 0 Å². The molecule has 0 spiro atoms. The van der Waals surface area contributed by atoms with Crippen molar-refractivity contribution in [1.29, 1.82) is 0 Å². The zero-order chi connectivity index (χ0) is 9.78. The van der Waals surface area contributed by atoms with Crippen molar-refractivity contribution < 1.29 is 10.2 Å². The third kappa shape index (κ3) is 2.17. The summed E-state index contributed by atoms with van der Waals surface area (Å²) in [5, 5.41) is 21.8. The van der Waals surface area contributed by atoms with Crippen molar-refractivity contribution in [2.75, 3.05) is 6.54 Å². The lowest BCUT2D eigenvalue weighted by Crippen LogP contribution is -2.64. The van der Waals surface area contributed by atoms with E-state index >= 15 is 0 Å². The van der Waals surface area contributed by atoms with E-state index in [9.17, 15) is 10.2 Å². The summed E-state index contributed by atoms with van der Waals surface area (Å²) >= 11 is 0. The molecule has 0 amide bonds. The van der Waals surface area contributed by atoms with E-state index in [1.807, 2.05) is 13.8 Å². The Balaban J connectivity index is 4.51. The van der Waals surface area contributed by atoms with E-state index in [1.165, 1.54) is 0 Å². The molecule has 0 saturated heterocycles. The van der Waals surface area contributed by atoms with E-state index in [-0.39, 0.29) is 0 Å². The first-order valence-corrected chi connectivity index (χ1v) is 4.38. The second-order valence-electron chi connectivity index (χ2n) is 3.05. The first-order chi connectivity index (χ1) is 5.51. The third-order valence-electron chi connectivity index (χ3n) is 2.36. The van der Waals surface area contributed by atoms with Gasteiger partial charge in [-0.25, -0.2) is 0 Å². The molecule has 3 atom stereocenters. The lowest BCUT2D eigenvalue weighted by atomic mass is 9.88. The van der Waals surface area contributed by atoms with E-state index in [0.717, 1.165) is 0 Å². The van der Waals surface area contributed by atoms with Crippen LogP contribution in [0.1, 0.15) is 27.2 Å². The maximum absolute atomic E-state index is 9.46. The van der Waals surface area contributed by atoms with Crippen molar-refractivity contribution >= 4 is 0 Å². The molecule has 74 valence electrons. The zero-order valence-electron chi connectivity index (χ0n) is 8.04. The molecule has 0 aromatic heterocycles. The lowest BCUT2D eigenvalue weighted by Gasteiger charge is -2.38. The van der Waals surface area contributed by atoms with Crippen molar-refractivity contribution in [3.05, 3.63) is 0 Å². The Morgan fingerprint density at radius 3 is 2.00 bits per heavy atom. The highest BCUT2D eigenvalue weighted by Crippen LogP contribution is 2.17. The molecule has 0 saturated carbocycles. The van der Waals surface area contributed by atoms with Crippen molar-refractivity contribution in [1.82, 2.24) is 5.32 Å². The summed E-state index contributed by atoms with van der Waals surface area (Å²) in [6.07, 6.45) is -1.11. The molecule has 0 rings (SSSR count). The minimum Gasteiger partial charge on any atom is -0.391 e. The highest BCUT2D eigenvalue weighted by Gasteiger charge is 2.37. The number of aliphatic hydroxyl groups is 2. The minimum absolute atomic E-state index is 0.593. The molecular formula is C8H20N2O2. The zero-order valence-corrected chi connectivity index (χ0v) is 8.04. The summed E-state index contributed by atoms with van der Waals surface area (Å²) in [5.41, 5.74) is 4.63. The summed E-state index contributed by atoms with van der Waals surface area (Å²) in [7, 11) is 0. The Hall–Kier alpha value is -0.160. The number of nitrogens with one attached hydrogen (secondary N) is 1. The van der Waals surface area contributed by atoms with Crippen molar-refractivity contribution in [2.24, 2.45) is 5.73 Å². The minimum atomic E-state index is -1.04. The number of aliphatic hydroxyl groups excluding tert-OH is 2. The Bertz CT molecular complexity index is 118. The van der Waals surface area contributed by atoms with Crippen LogP contribution in [0.2, 0.25) is 0 Å². The summed E-state index contributed by atoms with van der Waals surface area (Å²) in [6.45, 7) is 6.09. The van der Waals surface area contributed by atoms with Gasteiger partial charge in [0, 0.05) is 0 Å². The molecule has 4 heteroatoms. The standard InChI is InChI=1S/C8H20N2O2/c1-4-8(6(3)11,7(9)12)10-5-2/h6-7,10-12H,4-5,9H2,1-3H3. The first-order valence-electron chi connectivity index (χ1n) is 4.38. The fourth-order valence-electron chi connectivity index (χ4n) is 1.46. The average molecular weight is 176 g/mol. The number of likely N-dealkylation sites (N-methyl/N-ethyl adjacent to an activating group) is 1. The number of rotatable bonds is 5. The van der Waals surface area contributed by atoms with Gasteiger partial charge < -0.3 is 21.3 Å². The summed E-state index contributed by atoms with van der Waals surface area (Å²) < 4.78 is 0. The van der Waals surface area contributed by atoms with Crippen LogP contribution in [0.25, 0.3) is 0 Å². The van der Waals surface area contributed by atoms with Gasteiger partial charge in [0.15, 0.2) is 0 Å². The van der Waals surface area contributed by atoms with Crippen LogP contribution >= 0.6 is 0 Å². The molecule has 0 aliphatic rings. The maximum Gasteiger partial charge on any atom is 0.123 e. The maximum atomic E-state index is 9.46. The quantitative estimate of drug-likeness (QED) is 0.422. The van der Waals surface area contributed by atoms with Crippen LogP contribution in [0, 0.1) is 0 Å². The first kappa shape index (κ1) is 11.8. The van der Waals surface area contributed by atoms with E-state index < -0.39 is 17.9 Å². The Morgan fingerprint density at radius 1 is 1.42 bits per heavy atom. The monoisotopic (exact) mass is 176 g/mol. The molecule has 3 unspecified atom stereocenters. The molecule has 0 bridgehead atoms. The van der Waals surface area contributed by atoms with Gasteiger partial charge in [0.25, 0.3) is 0 Å². The summed E-state index contributed by atoms with van der Waals surface area (Å²) in [6, 6.07) is 0. The number of hydrogen-bond acceptors (Lipinski definition) is 4. The SMILES string of the molecule is CCNC(CC)(C(C)O)C(N)O. The average Bonchev–Trinajstić information content (AvgIpc) is 1.98. The van der Waals surface area contributed by atoms with Gasteiger partial charge in [-0.3, -0.25) is 0 Å². The van der Waals surface area contributed by atoms with E-state index in [1.54, 1.807) is 6.92 Å². The second-order valence-corrected chi connectivity index (χ2v) is 3.05. The lowest BCUT2D eigenvalue weighted by molar-refractivity contribution is -0.0233. The van der Waals surface area contributed by atoms with E-state index in [2.05, 4.69) is 5.32 Å². The largest absolute Gasteiger partial charge is 0.391 e. The number of nitrogens with two attached hydrogens (primary N) is 1. The van der Waals surface area contributed by atoms with Gasteiger partial charge in [-0.05, 0) is 19.9 Å². The van der Waals surface area contributed by atoms with Crippen LogP contribution in [0.3, 0.4) is 0 Å². The molecule has 0 radical (unpaired) electrons. The van der Waals surface area contributed by atoms with Crippen LogP contribution < -0.4 is 11.1 Å². The van der Waals surface area contributed by atoms with E-state index in [4.69, 9.17) is 5.73 Å². The summed E-state index contributed by atoms with van der Waals surface area (Å²) in [4.78, 5) is 0.